The minimum absolute atomic E-state index is 0.371. The van der Waals surface area contributed by atoms with Gasteiger partial charge in [-0.1, -0.05) is 0 Å². The molecule has 1 saturated carbocycles. The van der Waals surface area contributed by atoms with Gasteiger partial charge >= 0.3 is 0 Å². The fraction of sp³-hybridized carbons (Fsp3) is 1.00. The van der Waals surface area contributed by atoms with Crippen LogP contribution in [-0.2, 0) is 4.74 Å². The molecule has 2 rings (SSSR count). The van der Waals surface area contributed by atoms with Crippen molar-refractivity contribution in [2.75, 3.05) is 51.9 Å². The number of nitrogens with zero attached hydrogens (tertiary/aromatic N) is 1. The summed E-state index contributed by atoms with van der Waals surface area (Å²) in [4.78, 5) is 2.47. The molecule has 0 amide bonds. The Morgan fingerprint density at radius 2 is 2.29 bits per heavy atom. The average molecular weight is 258 g/mol. The van der Waals surface area contributed by atoms with E-state index in [1.807, 2.05) is 11.8 Å². The van der Waals surface area contributed by atoms with E-state index in [0.29, 0.717) is 5.41 Å². The smallest absolute Gasteiger partial charge is 0.0547 e. The van der Waals surface area contributed by atoms with Gasteiger partial charge in [0.1, 0.15) is 0 Å². The van der Waals surface area contributed by atoms with Crippen molar-refractivity contribution >= 4 is 11.8 Å². The van der Waals surface area contributed by atoms with E-state index < -0.39 is 0 Å². The van der Waals surface area contributed by atoms with Crippen LogP contribution in [0.1, 0.15) is 19.3 Å². The Labute approximate surface area is 110 Å². The van der Waals surface area contributed by atoms with E-state index in [2.05, 4.69) is 23.5 Å². The van der Waals surface area contributed by atoms with Crippen molar-refractivity contribution in [3.63, 3.8) is 0 Å². The van der Waals surface area contributed by atoms with Gasteiger partial charge in [-0.15, -0.1) is 0 Å². The van der Waals surface area contributed by atoms with E-state index in [9.17, 15) is 0 Å². The number of nitrogens with one attached hydrogen (secondary N) is 1. The van der Waals surface area contributed by atoms with Crippen LogP contribution in [0.15, 0.2) is 0 Å². The maximum atomic E-state index is 5.65. The monoisotopic (exact) mass is 258 g/mol. The fourth-order valence-electron chi connectivity index (χ4n) is 2.52. The molecule has 2 fully saturated rings. The summed E-state index contributed by atoms with van der Waals surface area (Å²) in [5, 5.41) is 3.69. The molecule has 1 aliphatic heterocycles. The Balaban J connectivity index is 1.77. The quantitative estimate of drug-likeness (QED) is 0.712. The number of rotatable bonds is 8. The molecule has 1 atom stereocenters. The van der Waals surface area contributed by atoms with Gasteiger partial charge in [-0.2, -0.15) is 11.8 Å². The van der Waals surface area contributed by atoms with Crippen molar-refractivity contribution in [3.05, 3.63) is 0 Å². The lowest BCUT2D eigenvalue weighted by atomic mass is 9.86. The number of hydrogen-bond donors (Lipinski definition) is 1. The lowest BCUT2D eigenvalue weighted by Gasteiger charge is -2.32. The summed E-state index contributed by atoms with van der Waals surface area (Å²) in [5.41, 5.74) is 0.371. The summed E-state index contributed by atoms with van der Waals surface area (Å²) in [6, 6.07) is 0.809. The first-order valence-electron chi connectivity index (χ1n) is 6.73. The van der Waals surface area contributed by atoms with Crippen molar-refractivity contribution in [3.8, 4) is 0 Å². The van der Waals surface area contributed by atoms with Crippen molar-refractivity contribution in [2.45, 2.75) is 25.3 Å². The molecule has 3 nitrogen and oxygen atoms in total. The normalized spacial score (nSPS) is 29.1. The minimum atomic E-state index is 0.371. The summed E-state index contributed by atoms with van der Waals surface area (Å²) in [5.74, 6) is 1.23. The standard InChI is InChI=1S/C13H26N2OS/c1-15(6-8-17-2)10-13(5-7-16-11-13)9-14-12-3-4-12/h12,14H,3-11H2,1-2H3. The molecule has 1 aliphatic carbocycles. The van der Waals surface area contributed by atoms with E-state index in [4.69, 9.17) is 4.74 Å². The molecule has 0 radical (unpaired) electrons. The van der Waals surface area contributed by atoms with Crippen LogP contribution in [0, 0.1) is 5.41 Å². The van der Waals surface area contributed by atoms with Gasteiger partial charge in [0, 0.05) is 43.5 Å². The molecular weight excluding hydrogens is 232 g/mol. The van der Waals surface area contributed by atoms with Gasteiger partial charge in [0.15, 0.2) is 0 Å². The zero-order valence-corrected chi connectivity index (χ0v) is 12.0. The third kappa shape index (κ3) is 4.43. The van der Waals surface area contributed by atoms with Crippen molar-refractivity contribution in [1.29, 1.82) is 0 Å². The van der Waals surface area contributed by atoms with Crippen molar-refractivity contribution in [1.82, 2.24) is 10.2 Å². The SMILES string of the molecule is CSCCN(C)CC1(CNC2CC2)CCOC1. The molecule has 100 valence electrons. The first-order chi connectivity index (χ1) is 8.24. The van der Waals surface area contributed by atoms with Crippen LogP contribution in [0.5, 0.6) is 0 Å². The largest absolute Gasteiger partial charge is 0.381 e. The van der Waals surface area contributed by atoms with Crippen LogP contribution in [0.3, 0.4) is 0 Å². The molecule has 0 aromatic carbocycles. The highest BCUT2D eigenvalue weighted by molar-refractivity contribution is 7.98. The minimum Gasteiger partial charge on any atom is -0.381 e. The topological polar surface area (TPSA) is 24.5 Å². The first-order valence-corrected chi connectivity index (χ1v) is 8.12. The highest BCUT2D eigenvalue weighted by atomic mass is 32.2. The van der Waals surface area contributed by atoms with Crippen molar-refractivity contribution < 1.29 is 4.74 Å². The second-order valence-electron chi connectivity index (χ2n) is 5.69. The maximum Gasteiger partial charge on any atom is 0.0547 e. The van der Waals surface area contributed by atoms with Gasteiger partial charge in [0.05, 0.1) is 6.61 Å². The van der Waals surface area contributed by atoms with Gasteiger partial charge in [-0.05, 0) is 32.6 Å². The summed E-state index contributed by atoms with van der Waals surface area (Å²) in [6.45, 7) is 5.39. The number of ether oxygens (including phenoxy) is 1. The van der Waals surface area contributed by atoms with E-state index >= 15 is 0 Å². The first kappa shape index (κ1) is 13.7. The molecule has 4 heteroatoms. The molecule has 1 N–H and O–H groups in total. The van der Waals surface area contributed by atoms with Gasteiger partial charge in [0.25, 0.3) is 0 Å². The van der Waals surface area contributed by atoms with Gasteiger partial charge in [0.2, 0.25) is 0 Å². The predicted molar refractivity (Wildman–Crippen MR) is 74.8 cm³/mol. The second kappa shape index (κ2) is 6.41. The van der Waals surface area contributed by atoms with E-state index in [-0.39, 0.29) is 0 Å². The molecule has 0 aromatic rings. The predicted octanol–water partition coefficient (Wildman–Crippen LogP) is 1.44. The molecule has 17 heavy (non-hydrogen) atoms. The van der Waals surface area contributed by atoms with E-state index in [1.54, 1.807) is 0 Å². The molecule has 0 spiro atoms. The summed E-state index contributed by atoms with van der Waals surface area (Å²) in [6.07, 6.45) is 6.14. The van der Waals surface area contributed by atoms with E-state index in [0.717, 1.165) is 25.8 Å². The number of hydrogen-bond acceptors (Lipinski definition) is 4. The van der Waals surface area contributed by atoms with Gasteiger partial charge in [-0.25, -0.2) is 0 Å². The highest BCUT2D eigenvalue weighted by Crippen LogP contribution is 2.30. The lowest BCUT2D eigenvalue weighted by Crippen LogP contribution is -2.44. The zero-order valence-electron chi connectivity index (χ0n) is 11.2. The highest BCUT2D eigenvalue weighted by Gasteiger charge is 2.37. The van der Waals surface area contributed by atoms with Crippen LogP contribution >= 0.6 is 11.8 Å². The average Bonchev–Trinajstić information content (AvgIpc) is 3.05. The Kier molecular flexibility index (Phi) is 5.15. The van der Waals surface area contributed by atoms with Crippen LogP contribution in [0.25, 0.3) is 0 Å². The Bertz CT molecular complexity index is 227. The van der Waals surface area contributed by atoms with E-state index in [1.165, 1.54) is 38.1 Å². The summed E-state index contributed by atoms with van der Waals surface area (Å²) >= 11 is 1.93. The summed E-state index contributed by atoms with van der Waals surface area (Å²) < 4.78 is 5.65. The van der Waals surface area contributed by atoms with Crippen LogP contribution < -0.4 is 5.32 Å². The Hall–Kier alpha value is 0.230. The molecule has 0 bridgehead atoms. The molecule has 1 heterocycles. The van der Waals surface area contributed by atoms with Crippen LogP contribution in [0.2, 0.25) is 0 Å². The molecular formula is C13H26N2OS. The van der Waals surface area contributed by atoms with Gasteiger partial charge < -0.3 is 15.0 Å². The number of thioether (sulfide) groups is 1. The lowest BCUT2D eigenvalue weighted by molar-refractivity contribution is 0.121. The molecule has 1 unspecified atom stereocenters. The fourth-order valence-corrected chi connectivity index (χ4v) is 3.01. The molecule has 2 aliphatic rings. The molecule has 1 saturated heterocycles. The third-order valence-corrected chi connectivity index (χ3v) is 4.40. The Morgan fingerprint density at radius 3 is 2.88 bits per heavy atom. The third-order valence-electron chi connectivity index (χ3n) is 3.81. The van der Waals surface area contributed by atoms with Crippen LogP contribution in [0.4, 0.5) is 0 Å². The maximum absolute atomic E-state index is 5.65. The zero-order chi connectivity index (χ0) is 12.1. The van der Waals surface area contributed by atoms with Crippen molar-refractivity contribution in [2.24, 2.45) is 5.41 Å². The van der Waals surface area contributed by atoms with Gasteiger partial charge in [-0.3, -0.25) is 0 Å². The Morgan fingerprint density at radius 1 is 1.47 bits per heavy atom. The van der Waals surface area contributed by atoms with Crippen LogP contribution in [-0.4, -0.2) is 62.8 Å². The second-order valence-corrected chi connectivity index (χ2v) is 6.67. The summed E-state index contributed by atoms with van der Waals surface area (Å²) in [7, 11) is 2.24. The molecule has 0 aromatic heterocycles.